The third kappa shape index (κ3) is 3.66. The number of nitrogens with zero attached hydrogens (tertiary/aromatic N) is 3. The first-order valence-electron chi connectivity index (χ1n) is 8.37. The van der Waals surface area contributed by atoms with Crippen LogP contribution in [0, 0.1) is 0 Å². The summed E-state index contributed by atoms with van der Waals surface area (Å²) in [7, 11) is 1.81. The van der Waals surface area contributed by atoms with Gasteiger partial charge in [-0.1, -0.05) is 6.07 Å². The lowest BCUT2D eigenvalue weighted by Gasteiger charge is -2.22. The molecular weight excluding hydrogens is 417 g/mol. The summed E-state index contributed by atoms with van der Waals surface area (Å²) >= 11 is 0. The molecule has 3 atom stereocenters. The van der Waals surface area contributed by atoms with Crippen LogP contribution in [-0.4, -0.2) is 47.2 Å². The van der Waals surface area contributed by atoms with Crippen molar-refractivity contribution in [2.75, 3.05) is 13.6 Å². The lowest BCUT2D eigenvalue weighted by Crippen LogP contribution is -2.47. The first-order valence-corrected chi connectivity index (χ1v) is 8.37. The van der Waals surface area contributed by atoms with E-state index in [0.717, 1.165) is 36.7 Å². The molecule has 0 amide bonds. The first kappa shape index (κ1) is 17.5. The van der Waals surface area contributed by atoms with Gasteiger partial charge in [-0.2, -0.15) is 0 Å². The van der Waals surface area contributed by atoms with Crippen molar-refractivity contribution < 1.29 is 4.74 Å². The summed E-state index contributed by atoms with van der Waals surface area (Å²) in [5.74, 6) is 0.856. The molecule has 2 N–H and O–H groups in total. The number of fused-ring (bicyclic) bond motifs is 3. The molecule has 0 aromatic carbocycles. The summed E-state index contributed by atoms with van der Waals surface area (Å²) in [5, 5.41) is 6.88. The molecule has 2 saturated heterocycles. The maximum atomic E-state index is 5.88. The molecule has 0 saturated carbocycles. The molecule has 2 aliphatic rings. The van der Waals surface area contributed by atoms with E-state index in [1.54, 1.807) is 0 Å². The predicted molar refractivity (Wildman–Crippen MR) is 105 cm³/mol. The smallest absolute Gasteiger partial charge is 0.191 e. The maximum Gasteiger partial charge on any atom is 0.191 e. The van der Waals surface area contributed by atoms with Crippen LogP contribution in [0.4, 0.5) is 0 Å². The predicted octanol–water partition coefficient (Wildman–Crippen LogP) is 1.98. The van der Waals surface area contributed by atoms with Crippen LogP contribution >= 0.6 is 24.0 Å². The number of guanidine groups is 1. The molecule has 4 rings (SSSR count). The Morgan fingerprint density at radius 1 is 1.42 bits per heavy atom. The summed E-state index contributed by atoms with van der Waals surface area (Å²) < 4.78 is 7.93. The van der Waals surface area contributed by atoms with Gasteiger partial charge in [-0.15, -0.1) is 24.0 Å². The molecule has 2 aliphatic heterocycles. The van der Waals surface area contributed by atoms with Gasteiger partial charge in [0.05, 0.1) is 23.9 Å². The molecule has 130 valence electrons. The Morgan fingerprint density at radius 2 is 2.33 bits per heavy atom. The van der Waals surface area contributed by atoms with Gasteiger partial charge in [-0.3, -0.25) is 4.99 Å². The number of pyridine rings is 1. The van der Waals surface area contributed by atoms with E-state index in [1.807, 2.05) is 31.4 Å². The Morgan fingerprint density at radius 3 is 3.04 bits per heavy atom. The van der Waals surface area contributed by atoms with Crippen molar-refractivity contribution in [3.63, 3.8) is 0 Å². The topological polar surface area (TPSA) is 63.0 Å². The van der Waals surface area contributed by atoms with E-state index in [2.05, 4.69) is 31.2 Å². The zero-order chi connectivity index (χ0) is 15.6. The van der Waals surface area contributed by atoms with E-state index in [-0.39, 0.29) is 24.0 Å². The van der Waals surface area contributed by atoms with E-state index >= 15 is 0 Å². The SMILES string of the molecule is CN=C(NCCc1cn2ccccc2n1)NC1CC2CCC1O2.I. The molecule has 7 heteroatoms. The highest BCUT2D eigenvalue weighted by Crippen LogP contribution is 2.34. The fraction of sp³-hybridized carbons (Fsp3) is 0.529. The van der Waals surface area contributed by atoms with Gasteiger partial charge in [0.2, 0.25) is 0 Å². The van der Waals surface area contributed by atoms with Gasteiger partial charge in [0.15, 0.2) is 5.96 Å². The molecule has 2 fully saturated rings. The molecule has 2 bridgehead atoms. The van der Waals surface area contributed by atoms with Gasteiger partial charge in [0.25, 0.3) is 0 Å². The average Bonchev–Trinajstić information content (AvgIpc) is 3.28. The van der Waals surface area contributed by atoms with Crippen molar-refractivity contribution in [1.82, 2.24) is 20.0 Å². The van der Waals surface area contributed by atoms with Crippen LogP contribution in [0.1, 0.15) is 25.0 Å². The van der Waals surface area contributed by atoms with Gasteiger partial charge in [0.1, 0.15) is 5.65 Å². The maximum absolute atomic E-state index is 5.88. The molecule has 3 unspecified atom stereocenters. The van der Waals surface area contributed by atoms with Crippen molar-refractivity contribution >= 4 is 35.6 Å². The van der Waals surface area contributed by atoms with Gasteiger partial charge in [-0.25, -0.2) is 4.98 Å². The fourth-order valence-corrected chi connectivity index (χ4v) is 3.58. The van der Waals surface area contributed by atoms with E-state index < -0.39 is 0 Å². The van der Waals surface area contributed by atoms with Crippen LogP contribution in [0.25, 0.3) is 5.65 Å². The summed E-state index contributed by atoms with van der Waals surface area (Å²) in [6, 6.07) is 6.44. The van der Waals surface area contributed by atoms with Crippen molar-refractivity contribution in [2.24, 2.45) is 4.99 Å². The first-order chi connectivity index (χ1) is 11.3. The summed E-state index contributed by atoms with van der Waals surface area (Å²) in [4.78, 5) is 8.93. The second-order valence-electron chi connectivity index (χ2n) is 6.31. The highest BCUT2D eigenvalue weighted by atomic mass is 127. The molecule has 6 nitrogen and oxygen atoms in total. The number of imidazole rings is 1. The molecule has 24 heavy (non-hydrogen) atoms. The number of aliphatic imine (C=N–C) groups is 1. The lowest BCUT2D eigenvalue weighted by molar-refractivity contribution is 0.0992. The highest BCUT2D eigenvalue weighted by molar-refractivity contribution is 14.0. The quantitative estimate of drug-likeness (QED) is 0.433. The van der Waals surface area contributed by atoms with Gasteiger partial charge < -0.3 is 19.8 Å². The number of nitrogens with one attached hydrogen (secondary N) is 2. The minimum Gasteiger partial charge on any atom is -0.373 e. The summed E-state index contributed by atoms with van der Waals surface area (Å²) in [6.45, 7) is 0.811. The summed E-state index contributed by atoms with van der Waals surface area (Å²) in [6.07, 6.45) is 9.26. The van der Waals surface area contributed by atoms with Crippen LogP contribution in [0.5, 0.6) is 0 Å². The molecule has 0 aliphatic carbocycles. The van der Waals surface area contributed by atoms with E-state index in [1.165, 1.54) is 12.8 Å². The minimum atomic E-state index is 0. The van der Waals surface area contributed by atoms with E-state index in [0.29, 0.717) is 18.2 Å². The number of halogens is 1. The van der Waals surface area contributed by atoms with Crippen molar-refractivity contribution in [1.29, 1.82) is 0 Å². The van der Waals surface area contributed by atoms with Gasteiger partial charge >= 0.3 is 0 Å². The van der Waals surface area contributed by atoms with Gasteiger partial charge in [-0.05, 0) is 31.4 Å². The van der Waals surface area contributed by atoms with Crippen molar-refractivity contribution in [2.45, 2.75) is 43.9 Å². The summed E-state index contributed by atoms with van der Waals surface area (Å²) in [5.41, 5.74) is 2.08. The number of rotatable bonds is 4. The van der Waals surface area contributed by atoms with Crippen LogP contribution in [0.3, 0.4) is 0 Å². The zero-order valence-corrected chi connectivity index (χ0v) is 16.1. The van der Waals surface area contributed by atoms with Crippen LogP contribution in [0.2, 0.25) is 0 Å². The van der Waals surface area contributed by atoms with Crippen molar-refractivity contribution in [3.05, 3.63) is 36.3 Å². The Bertz CT molecular complexity index is 683. The van der Waals surface area contributed by atoms with E-state index in [9.17, 15) is 0 Å². The molecule has 0 spiro atoms. The number of ether oxygens (including phenoxy) is 1. The third-order valence-electron chi connectivity index (χ3n) is 4.74. The zero-order valence-electron chi connectivity index (χ0n) is 13.8. The molecular formula is C17H24IN5O. The van der Waals surface area contributed by atoms with Crippen LogP contribution in [0.15, 0.2) is 35.6 Å². The second-order valence-corrected chi connectivity index (χ2v) is 6.31. The largest absolute Gasteiger partial charge is 0.373 e. The Labute approximate surface area is 159 Å². The van der Waals surface area contributed by atoms with Crippen LogP contribution < -0.4 is 10.6 Å². The fourth-order valence-electron chi connectivity index (χ4n) is 3.58. The monoisotopic (exact) mass is 441 g/mol. The Hall–Kier alpha value is -1.35. The number of hydrogen-bond donors (Lipinski definition) is 2. The third-order valence-corrected chi connectivity index (χ3v) is 4.74. The molecule has 2 aromatic rings. The normalized spacial score (nSPS) is 25.7. The standard InChI is InChI=1S/C17H23N5O.HI/c1-18-17(21-14-10-13-5-6-15(14)23-13)19-8-7-12-11-22-9-3-2-4-16(22)20-12;/h2-4,9,11,13-15H,5-8,10H2,1H3,(H2,18,19,21);1H. The second kappa shape index (κ2) is 7.69. The molecule has 0 radical (unpaired) electrons. The van der Waals surface area contributed by atoms with Gasteiger partial charge in [0, 0.05) is 32.4 Å². The number of aromatic nitrogens is 2. The molecule has 4 heterocycles. The number of hydrogen-bond acceptors (Lipinski definition) is 3. The average molecular weight is 441 g/mol. The Balaban J connectivity index is 0.00000169. The van der Waals surface area contributed by atoms with Crippen LogP contribution in [-0.2, 0) is 11.2 Å². The minimum absolute atomic E-state index is 0. The molecule has 2 aromatic heterocycles. The van der Waals surface area contributed by atoms with E-state index in [4.69, 9.17) is 4.74 Å². The Kier molecular flexibility index (Phi) is 5.60. The van der Waals surface area contributed by atoms with Crippen molar-refractivity contribution in [3.8, 4) is 0 Å². The highest BCUT2D eigenvalue weighted by Gasteiger charge is 2.41. The lowest BCUT2D eigenvalue weighted by atomic mass is 9.96.